The number of hydrogen-bond donors (Lipinski definition) is 1. The summed E-state index contributed by atoms with van der Waals surface area (Å²) in [5, 5.41) is 2.92. The molecule has 6 nitrogen and oxygen atoms in total. The summed E-state index contributed by atoms with van der Waals surface area (Å²) in [7, 11) is 4.03. The molecular formula is C24H29N3O3. The van der Waals surface area contributed by atoms with Crippen molar-refractivity contribution in [2.45, 2.75) is 32.6 Å². The minimum atomic E-state index is -0.268. The number of hydrogen-bond acceptors (Lipinski definition) is 4. The summed E-state index contributed by atoms with van der Waals surface area (Å²) in [4.78, 5) is 40.2. The molecule has 1 aliphatic rings. The number of carbonyl (C=O) groups is 3. The van der Waals surface area contributed by atoms with E-state index in [2.05, 4.69) is 34.5 Å². The smallest absolute Gasteiger partial charge is 0.261 e. The SMILES string of the molecule is Cc1ccc2c(c1)C(=O)N(CCCC(=O)NCCCc1ccc(N(C)C)cc1)C2=O. The van der Waals surface area contributed by atoms with Crippen LogP contribution in [0.1, 0.15) is 51.1 Å². The number of fused-ring (bicyclic) bond motifs is 1. The first-order chi connectivity index (χ1) is 14.4. The van der Waals surface area contributed by atoms with Crippen molar-refractivity contribution in [1.29, 1.82) is 0 Å². The highest BCUT2D eigenvalue weighted by molar-refractivity contribution is 6.21. The Morgan fingerprint density at radius 1 is 0.967 bits per heavy atom. The van der Waals surface area contributed by atoms with E-state index in [9.17, 15) is 14.4 Å². The van der Waals surface area contributed by atoms with Gasteiger partial charge in [-0.1, -0.05) is 23.8 Å². The van der Waals surface area contributed by atoms with Crippen LogP contribution < -0.4 is 10.2 Å². The molecule has 1 heterocycles. The molecule has 0 atom stereocenters. The Morgan fingerprint density at radius 2 is 1.67 bits per heavy atom. The Balaban J connectivity index is 1.35. The third-order valence-electron chi connectivity index (χ3n) is 5.33. The summed E-state index contributed by atoms with van der Waals surface area (Å²) in [6, 6.07) is 13.7. The van der Waals surface area contributed by atoms with E-state index in [1.165, 1.54) is 16.2 Å². The van der Waals surface area contributed by atoms with E-state index in [-0.39, 0.29) is 24.3 Å². The summed E-state index contributed by atoms with van der Waals surface area (Å²) in [6.07, 6.45) is 2.53. The normalized spacial score (nSPS) is 12.8. The Bertz CT molecular complexity index is 935. The fourth-order valence-electron chi connectivity index (χ4n) is 3.57. The number of amides is 3. The van der Waals surface area contributed by atoms with Crippen LogP contribution in [0.2, 0.25) is 0 Å². The van der Waals surface area contributed by atoms with Crippen molar-refractivity contribution in [2.75, 3.05) is 32.1 Å². The molecular weight excluding hydrogens is 378 g/mol. The molecule has 0 aromatic heterocycles. The molecule has 2 aromatic rings. The number of nitrogens with one attached hydrogen (secondary N) is 1. The minimum absolute atomic E-state index is 0.0505. The zero-order valence-electron chi connectivity index (χ0n) is 17.9. The van der Waals surface area contributed by atoms with Crippen LogP contribution >= 0.6 is 0 Å². The van der Waals surface area contributed by atoms with Crippen molar-refractivity contribution in [3.63, 3.8) is 0 Å². The van der Waals surface area contributed by atoms with Crippen molar-refractivity contribution in [1.82, 2.24) is 10.2 Å². The van der Waals surface area contributed by atoms with Crippen molar-refractivity contribution in [2.24, 2.45) is 0 Å². The monoisotopic (exact) mass is 407 g/mol. The third-order valence-corrected chi connectivity index (χ3v) is 5.33. The summed E-state index contributed by atoms with van der Waals surface area (Å²) in [6.45, 7) is 2.77. The van der Waals surface area contributed by atoms with Crippen molar-refractivity contribution in [3.8, 4) is 0 Å². The number of aryl methyl sites for hydroxylation is 2. The van der Waals surface area contributed by atoms with E-state index >= 15 is 0 Å². The second-order valence-electron chi connectivity index (χ2n) is 7.93. The van der Waals surface area contributed by atoms with Gasteiger partial charge in [0, 0.05) is 39.3 Å². The zero-order valence-corrected chi connectivity index (χ0v) is 17.9. The van der Waals surface area contributed by atoms with Gasteiger partial charge in [0.05, 0.1) is 11.1 Å². The Morgan fingerprint density at radius 3 is 2.37 bits per heavy atom. The summed E-state index contributed by atoms with van der Waals surface area (Å²) < 4.78 is 0. The largest absolute Gasteiger partial charge is 0.378 e. The summed E-state index contributed by atoms with van der Waals surface area (Å²) >= 11 is 0. The second-order valence-corrected chi connectivity index (χ2v) is 7.93. The molecule has 0 unspecified atom stereocenters. The summed E-state index contributed by atoms with van der Waals surface area (Å²) in [5.41, 5.74) is 4.28. The van der Waals surface area contributed by atoms with Crippen LogP contribution in [0.5, 0.6) is 0 Å². The molecule has 0 bridgehead atoms. The van der Waals surface area contributed by atoms with Gasteiger partial charge in [-0.3, -0.25) is 19.3 Å². The van der Waals surface area contributed by atoms with Crippen LogP contribution in [0, 0.1) is 6.92 Å². The minimum Gasteiger partial charge on any atom is -0.378 e. The van der Waals surface area contributed by atoms with Gasteiger partial charge >= 0.3 is 0 Å². The number of imide groups is 1. The lowest BCUT2D eigenvalue weighted by Crippen LogP contribution is -2.32. The highest BCUT2D eigenvalue weighted by Gasteiger charge is 2.34. The van der Waals surface area contributed by atoms with Gasteiger partial charge in [-0.15, -0.1) is 0 Å². The average Bonchev–Trinajstić information content (AvgIpc) is 2.95. The molecule has 1 N–H and O–H groups in total. The van der Waals surface area contributed by atoms with Crippen LogP contribution in [-0.2, 0) is 11.2 Å². The molecule has 3 amide bonds. The number of benzene rings is 2. The number of rotatable bonds is 9. The number of nitrogens with zero attached hydrogens (tertiary/aromatic N) is 2. The highest BCUT2D eigenvalue weighted by atomic mass is 16.2. The first-order valence-electron chi connectivity index (χ1n) is 10.4. The van der Waals surface area contributed by atoms with Gasteiger partial charge in [-0.25, -0.2) is 0 Å². The summed E-state index contributed by atoms with van der Waals surface area (Å²) in [5.74, 6) is -0.583. The van der Waals surface area contributed by atoms with E-state index in [0.717, 1.165) is 18.4 Å². The molecule has 158 valence electrons. The predicted molar refractivity (Wildman–Crippen MR) is 118 cm³/mol. The zero-order chi connectivity index (χ0) is 21.7. The van der Waals surface area contributed by atoms with Gasteiger partial charge in [-0.2, -0.15) is 0 Å². The Kier molecular flexibility index (Phi) is 6.87. The molecule has 6 heteroatoms. The van der Waals surface area contributed by atoms with Gasteiger partial charge in [0.15, 0.2) is 0 Å². The van der Waals surface area contributed by atoms with E-state index < -0.39 is 0 Å². The quantitative estimate of drug-likeness (QED) is 0.512. The lowest BCUT2D eigenvalue weighted by atomic mass is 10.1. The number of anilines is 1. The van der Waals surface area contributed by atoms with Crippen LogP contribution in [0.15, 0.2) is 42.5 Å². The van der Waals surface area contributed by atoms with E-state index in [4.69, 9.17) is 0 Å². The van der Waals surface area contributed by atoms with Crippen LogP contribution in [0.4, 0.5) is 5.69 Å². The molecule has 0 spiro atoms. The Hall–Kier alpha value is -3.15. The van der Waals surface area contributed by atoms with E-state index in [1.807, 2.05) is 27.1 Å². The van der Waals surface area contributed by atoms with Gasteiger partial charge in [-0.05, 0) is 56.0 Å². The lowest BCUT2D eigenvalue weighted by Gasteiger charge is -2.13. The maximum absolute atomic E-state index is 12.4. The van der Waals surface area contributed by atoms with Gasteiger partial charge in [0.25, 0.3) is 11.8 Å². The van der Waals surface area contributed by atoms with Gasteiger partial charge < -0.3 is 10.2 Å². The van der Waals surface area contributed by atoms with Crippen LogP contribution in [0.25, 0.3) is 0 Å². The van der Waals surface area contributed by atoms with Crippen LogP contribution in [-0.4, -0.2) is 49.8 Å². The molecule has 0 saturated heterocycles. The fourth-order valence-corrected chi connectivity index (χ4v) is 3.57. The second kappa shape index (κ2) is 9.57. The molecule has 0 saturated carbocycles. The standard InChI is InChI=1S/C24H29N3O3/c1-17-8-13-20-21(16-17)24(30)27(23(20)29)15-5-7-22(28)25-14-4-6-18-9-11-19(12-10-18)26(2)3/h8-13,16H,4-7,14-15H2,1-3H3,(H,25,28). The third kappa shape index (κ3) is 5.06. The first-order valence-corrected chi connectivity index (χ1v) is 10.4. The molecule has 3 rings (SSSR count). The average molecular weight is 408 g/mol. The maximum Gasteiger partial charge on any atom is 0.261 e. The molecule has 0 fully saturated rings. The van der Waals surface area contributed by atoms with E-state index in [0.29, 0.717) is 30.5 Å². The first kappa shape index (κ1) is 21.6. The number of carbonyl (C=O) groups excluding carboxylic acids is 3. The Labute approximate surface area is 177 Å². The highest BCUT2D eigenvalue weighted by Crippen LogP contribution is 2.24. The van der Waals surface area contributed by atoms with Crippen molar-refractivity contribution < 1.29 is 14.4 Å². The van der Waals surface area contributed by atoms with Gasteiger partial charge in [0.2, 0.25) is 5.91 Å². The lowest BCUT2D eigenvalue weighted by molar-refractivity contribution is -0.121. The molecule has 0 radical (unpaired) electrons. The molecule has 30 heavy (non-hydrogen) atoms. The van der Waals surface area contributed by atoms with Crippen molar-refractivity contribution >= 4 is 23.4 Å². The van der Waals surface area contributed by atoms with Crippen molar-refractivity contribution in [3.05, 3.63) is 64.7 Å². The topological polar surface area (TPSA) is 69.7 Å². The molecule has 0 aliphatic carbocycles. The fraction of sp³-hybridized carbons (Fsp3) is 0.375. The molecule has 1 aliphatic heterocycles. The van der Waals surface area contributed by atoms with Crippen LogP contribution in [0.3, 0.4) is 0 Å². The van der Waals surface area contributed by atoms with E-state index in [1.54, 1.807) is 12.1 Å². The van der Waals surface area contributed by atoms with Gasteiger partial charge in [0.1, 0.15) is 0 Å². The molecule has 2 aromatic carbocycles. The predicted octanol–water partition coefficient (Wildman–Crippen LogP) is 3.19. The maximum atomic E-state index is 12.4.